The van der Waals surface area contributed by atoms with Gasteiger partial charge in [-0.3, -0.25) is 4.99 Å². The molecule has 3 fully saturated rings. The van der Waals surface area contributed by atoms with Crippen LogP contribution in [0.1, 0.15) is 62.8 Å². The van der Waals surface area contributed by atoms with Crippen molar-refractivity contribution in [2.45, 2.75) is 81.8 Å². The summed E-state index contributed by atoms with van der Waals surface area (Å²) in [6, 6.07) is 7.61. The number of piperidine rings is 1. The maximum atomic E-state index is 12.7. The van der Waals surface area contributed by atoms with Crippen molar-refractivity contribution >= 4 is 29.9 Å². The average molecular weight is 566 g/mol. The summed E-state index contributed by atoms with van der Waals surface area (Å²) in [5.74, 6) is 0.616. The molecule has 32 heavy (non-hydrogen) atoms. The molecule has 1 saturated heterocycles. The van der Waals surface area contributed by atoms with Crippen LogP contribution in [0.25, 0.3) is 0 Å². The first kappa shape index (κ1) is 25.4. The van der Waals surface area contributed by atoms with Crippen LogP contribution in [-0.4, -0.2) is 55.5 Å². The number of halogens is 4. The second-order valence-electron chi connectivity index (χ2n) is 9.00. The van der Waals surface area contributed by atoms with Gasteiger partial charge in [-0.1, -0.05) is 37.5 Å². The minimum Gasteiger partial charge on any atom is -0.405 e. The number of aliphatic imine (C=N–C) groups is 1. The molecule has 2 aliphatic carbocycles. The number of nitrogens with zero attached hydrogens (tertiary/aromatic N) is 2. The molecule has 1 aliphatic heterocycles. The van der Waals surface area contributed by atoms with Crippen molar-refractivity contribution in [3.8, 4) is 5.75 Å². The van der Waals surface area contributed by atoms with Gasteiger partial charge in [0.05, 0.1) is 0 Å². The molecule has 2 saturated carbocycles. The number of alkyl halides is 3. The van der Waals surface area contributed by atoms with E-state index in [2.05, 4.69) is 25.3 Å². The summed E-state index contributed by atoms with van der Waals surface area (Å²) in [5, 5.41) is 6.92. The van der Waals surface area contributed by atoms with E-state index in [1.54, 1.807) is 25.2 Å². The molecule has 1 heterocycles. The fraction of sp³-hybridized carbons (Fsp3) is 0.696. The van der Waals surface area contributed by atoms with Gasteiger partial charge in [-0.15, -0.1) is 37.1 Å². The molecule has 2 unspecified atom stereocenters. The van der Waals surface area contributed by atoms with Gasteiger partial charge < -0.3 is 20.3 Å². The van der Waals surface area contributed by atoms with Crippen LogP contribution in [0.4, 0.5) is 13.2 Å². The molecule has 1 aromatic rings. The van der Waals surface area contributed by atoms with E-state index in [-0.39, 0.29) is 41.7 Å². The number of ether oxygens (including phenoxy) is 1. The molecule has 0 bridgehead atoms. The summed E-state index contributed by atoms with van der Waals surface area (Å²) in [6.45, 7) is 2.24. The molecule has 2 atom stereocenters. The Hall–Kier alpha value is -1.23. The van der Waals surface area contributed by atoms with Crippen LogP contribution in [0.5, 0.6) is 5.75 Å². The first-order chi connectivity index (χ1) is 14.9. The lowest BCUT2D eigenvalue weighted by Gasteiger charge is -2.39. The monoisotopic (exact) mass is 566 g/mol. The van der Waals surface area contributed by atoms with Gasteiger partial charge in [-0.2, -0.15) is 0 Å². The Morgan fingerprint density at radius 1 is 1.03 bits per heavy atom. The number of rotatable bonds is 5. The molecular weight excluding hydrogens is 532 g/mol. The maximum Gasteiger partial charge on any atom is 0.573 e. The maximum absolute atomic E-state index is 12.7. The van der Waals surface area contributed by atoms with Crippen molar-refractivity contribution in [1.82, 2.24) is 15.5 Å². The second-order valence-corrected chi connectivity index (χ2v) is 9.00. The zero-order valence-corrected chi connectivity index (χ0v) is 20.9. The molecule has 2 N–H and O–H groups in total. The fourth-order valence-corrected chi connectivity index (χ4v) is 5.10. The van der Waals surface area contributed by atoms with Crippen LogP contribution in [0, 0.1) is 0 Å². The Bertz CT molecular complexity index is 762. The van der Waals surface area contributed by atoms with Crippen LogP contribution in [0.15, 0.2) is 29.3 Å². The summed E-state index contributed by atoms with van der Waals surface area (Å²) >= 11 is 0. The highest BCUT2D eigenvalue weighted by Gasteiger charge is 2.42. The number of likely N-dealkylation sites (tertiary alicyclic amines) is 1. The number of guanidine groups is 1. The van der Waals surface area contributed by atoms with Crippen molar-refractivity contribution in [2.75, 3.05) is 20.1 Å². The zero-order chi connectivity index (χ0) is 21.8. The van der Waals surface area contributed by atoms with Gasteiger partial charge in [0.2, 0.25) is 0 Å². The lowest BCUT2D eigenvalue weighted by Crippen LogP contribution is -2.51. The Kier molecular flexibility index (Phi) is 8.94. The van der Waals surface area contributed by atoms with E-state index in [0.717, 1.165) is 44.4 Å². The third-order valence-electron chi connectivity index (χ3n) is 6.84. The lowest BCUT2D eigenvalue weighted by molar-refractivity contribution is -0.274. The van der Waals surface area contributed by atoms with Gasteiger partial charge in [0.25, 0.3) is 0 Å². The average Bonchev–Trinajstić information content (AvgIpc) is 3.52. The predicted molar refractivity (Wildman–Crippen MR) is 131 cm³/mol. The van der Waals surface area contributed by atoms with Gasteiger partial charge in [0.1, 0.15) is 5.75 Å². The van der Waals surface area contributed by atoms with E-state index in [1.807, 2.05) is 0 Å². The summed E-state index contributed by atoms with van der Waals surface area (Å²) in [6.07, 6.45) is 5.04. The number of para-hydroxylation sites is 1. The van der Waals surface area contributed by atoms with Crippen molar-refractivity contribution in [1.29, 1.82) is 0 Å². The lowest BCUT2D eigenvalue weighted by atomic mass is 9.92. The zero-order valence-electron chi connectivity index (χ0n) is 18.5. The summed E-state index contributed by atoms with van der Waals surface area (Å²) in [7, 11) is 1.74. The molecule has 0 amide bonds. The molecule has 3 aliphatic rings. The predicted octanol–water partition coefficient (Wildman–Crippen LogP) is 5.02. The van der Waals surface area contributed by atoms with Crippen LogP contribution in [0.2, 0.25) is 0 Å². The van der Waals surface area contributed by atoms with Crippen molar-refractivity contribution < 1.29 is 17.9 Å². The molecule has 5 nitrogen and oxygen atoms in total. The van der Waals surface area contributed by atoms with Crippen LogP contribution in [0.3, 0.4) is 0 Å². The first-order valence-corrected chi connectivity index (χ1v) is 11.5. The summed E-state index contributed by atoms with van der Waals surface area (Å²) in [4.78, 5) is 7.01. The van der Waals surface area contributed by atoms with E-state index in [0.29, 0.717) is 11.6 Å². The molecule has 0 radical (unpaired) electrons. The largest absolute Gasteiger partial charge is 0.573 e. The minimum atomic E-state index is -4.68. The summed E-state index contributed by atoms with van der Waals surface area (Å²) < 4.78 is 42.3. The van der Waals surface area contributed by atoms with Gasteiger partial charge in [-0.05, 0) is 43.7 Å². The standard InChI is InChI=1S/C23H33F3N4O.HI/c1-27-22(28-16-11-13-30(14-12-16)17-7-3-2-4-8-17)29-20-15-19(20)18-9-5-6-10-21(18)31-23(24,25)26;/h5-6,9-10,16-17,19-20H,2-4,7-8,11-15H2,1H3,(H2,27,28,29);1H. The van der Waals surface area contributed by atoms with Gasteiger partial charge >= 0.3 is 6.36 Å². The third-order valence-corrected chi connectivity index (χ3v) is 6.84. The molecule has 180 valence electrons. The van der Waals surface area contributed by atoms with E-state index in [9.17, 15) is 13.2 Å². The van der Waals surface area contributed by atoms with Crippen molar-refractivity contribution in [3.63, 3.8) is 0 Å². The Morgan fingerprint density at radius 2 is 1.72 bits per heavy atom. The Labute approximate surface area is 205 Å². The fourth-order valence-electron chi connectivity index (χ4n) is 5.10. The van der Waals surface area contributed by atoms with Gasteiger partial charge in [-0.25, -0.2) is 0 Å². The number of benzene rings is 1. The molecule has 0 spiro atoms. The highest BCUT2D eigenvalue weighted by molar-refractivity contribution is 14.0. The number of hydrogen-bond acceptors (Lipinski definition) is 3. The van der Waals surface area contributed by atoms with Gasteiger partial charge in [0.15, 0.2) is 5.96 Å². The van der Waals surface area contributed by atoms with E-state index in [4.69, 9.17) is 0 Å². The minimum absolute atomic E-state index is 0. The molecule has 1 aromatic carbocycles. The highest BCUT2D eigenvalue weighted by Crippen LogP contribution is 2.45. The number of hydrogen-bond donors (Lipinski definition) is 2. The molecular formula is C23H34F3IN4O. The van der Waals surface area contributed by atoms with Crippen molar-refractivity contribution in [2.24, 2.45) is 4.99 Å². The van der Waals surface area contributed by atoms with Crippen LogP contribution < -0.4 is 15.4 Å². The SMILES string of the molecule is CN=C(NC1CCN(C2CCCCC2)CC1)NC1CC1c1ccccc1OC(F)(F)F.I. The van der Waals surface area contributed by atoms with Gasteiger partial charge in [0, 0.05) is 44.2 Å². The molecule has 0 aromatic heterocycles. The summed E-state index contributed by atoms with van der Waals surface area (Å²) in [5.41, 5.74) is 0.591. The normalized spacial score (nSPS) is 25.7. The van der Waals surface area contributed by atoms with E-state index >= 15 is 0 Å². The Morgan fingerprint density at radius 3 is 2.38 bits per heavy atom. The first-order valence-electron chi connectivity index (χ1n) is 11.5. The quantitative estimate of drug-likeness (QED) is 0.299. The molecule has 9 heteroatoms. The Balaban J connectivity index is 0.00000289. The van der Waals surface area contributed by atoms with E-state index < -0.39 is 6.36 Å². The second kappa shape index (κ2) is 11.3. The van der Waals surface area contributed by atoms with E-state index in [1.165, 1.54) is 38.2 Å². The number of nitrogens with one attached hydrogen (secondary N) is 2. The smallest absolute Gasteiger partial charge is 0.405 e. The third kappa shape index (κ3) is 6.88. The molecule has 4 rings (SSSR count). The van der Waals surface area contributed by atoms with Crippen LogP contribution >= 0.6 is 24.0 Å². The van der Waals surface area contributed by atoms with Crippen molar-refractivity contribution in [3.05, 3.63) is 29.8 Å². The highest BCUT2D eigenvalue weighted by atomic mass is 127. The topological polar surface area (TPSA) is 48.9 Å². The van der Waals surface area contributed by atoms with Crippen LogP contribution in [-0.2, 0) is 0 Å².